The number of Topliss-reactive ketones (excluding diaryl/α,β-unsaturated/α-hetero) is 1. The monoisotopic (exact) mass is 375 g/mol. The zero-order chi connectivity index (χ0) is 18.6. The molecule has 0 bridgehead atoms. The number of rotatable bonds is 6. The lowest BCUT2D eigenvalue weighted by Gasteiger charge is -2.47. The lowest BCUT2D eigenvalue weighted by atomic mass is 9.79. The summed E-state index contributed by atoms with van der Waals surface area (Å²) in [5.41, 5.74) is 3.31. The molecule has 0 aliphatic carbocycles. The van der Waals surface area contributed by atoms with E-state index >= 15 is 0 Å². The van der Waals surface area contributed by atoms with Gasteiger partial charge in [-0.05, 0) is 41.8 Å². The lowest BCUT2D eigenvalue weighted by Crippen LogP contribution is -2.59. The standard InChI is InChI=1S/C24H22ClNO/c25-21-13-11-20(12-14-21)24(27)22-17-26(16-19-9-5-2-6-10-19)23(22)15-18-7-3-1-4-8-18/h1-14,22-23H,15-17H2. The Kier molecular flexibility index (Phi) is 5.38. The van der Waals surface area contributed by atoms with Crippen LogP contribution in [0.15, 0.2) is 84.9 Å². The van der Waals surface area contributed by atoms with E-state index in [2.05, 4.69) is 53.4 Å². The van der Waals surface area contributed by atoms with Crippen molar-refractivity contribution in [2.75, 3.05) is 6.54 Å². The number of carbonyl (C=O) groups excluding carboxylic acids is 1. The molecule has 0 aromatic heterocycles. The van der Waals surface area contributed by atoms with Gasteiger partial charge in [-0.2, -0.15) is 0 Å². The fourth-order valence-electron chi connectivity index (χ4n) is 3.84. The van der Waals surface area contributed by atoms with Crippen LogP contribution in [0, 0.1) is 5.92 Å². The minimum atomic E-state index is 0.0232. The molecule has 1 saturated heterocycles. The summed E-state index contributed by atoms with van der Waals surface area (Å²) in [5, 5.41) is 0.659. The van der Waals surface area contributed by atoms with E-state index in [0.717, 1.165) is 25.1 Å². The highest BCUT2D eigenvalue weighted by Crippen LogP contribution is 2.32. The van der Waals surface area contributed by atoms with Gasteiger partial charge in [0.1, 0.15) is 0 Å². The molecule has 0 amide bonds. The van der Waals surface area contributed by atoms with E-state index in [1.807, 2.05) is 24.3 Å². The summed E-state index contributed by atoms with van der Waals surface area (Å²) < 4.78 is 0. The maximum absolute atomic E-state index is 13.1. The molecule has 1 aliphatic heterocycles. The quantitative estimate of drug-likeness (QED) is 0.547. The van der Waals surface area contributed by atoms with Crippen LogP contribution in [-0.2, 0) is 13.0 Å². The summed E-state index contributed by atoms with van der Waals surface area (Å²) in [6, 6.07) is 28.4. The highest BCUT2D eigenvalue weighted by atomic mass is 35.5. The molecule has 2 unspecified atom stereocenters. The second-order valence-corrected chi connectivity index (χ2v) is 7.59. The average molecular weight is 376 g/mol. The zero-order valence-corrected chi connectivity index (χ0v) is 15.8. The van der Waals surface area contributed by atoms with Gasteiger partial charge in [-0.3, -0.25) is 9.69 Å². The predicted molar refractivity (Wildman–Crippen MR) is 110 cm³/mol. The maximum atomic E-state index is 13.1. The Hall–Kier alpha value is -2.42. The van der Waals surface area contributed by atoms with Crippen molar-refractivity contribution in [2.24, 2.45) is 5.92 Å². The Balaban J connectivity index is 1.53. The molecule has 4 rings (SSSR count). The molecular formula is C24H22ClNO. The lowest BCUT2D eigenvalue weighted by molar-refractivity contribution is 0.0123. The van der Waals surface area contributed by atoms with Gasteiger partial charge in [0.05, 0.1) is 5.92 Å². The first-order chi connectivity index (χ1) is 13.2. The van der Waals surface area contributed by atoms with Crippen molar-refractivity contribution in [2.45, 2.75) is 19.0 Å². The largest absolute Gasteiger partial charge is 0.294 e. The first kappa shape index (κ1) is 18.0. The normalized spacial score (nSPS) is 19.4. The van der Waals surface area contributed by atoms with Crippen molar-refractivity contribution in [3.63, 3.8) is 0 Å². The van der Waals surface area contributed by atoms with Crippen LogP contribution in [0.1, 0.15) is 21.5 Å². The summed E-state index contributed by atoms with van der Waals surface area (Å²) in [5.74, 6) is 0.243. The molecular weight excluding hydrogens is 354 g/mol. The first-order valence-corrected chi connectivity index (χ1v) is 9.70. The number of carbonyl (C=O) groups is 1. The minimum Gasteiger partial charge on any atom is -0.294 e. The van der Waals surface area contributed by atoms with Crippen LogP contribution < -0.4 is 0 Å². The van der Waals surface area contributed by atoms with Gasteiger partial charge in [0.25, 0.3) is 0 Å². The molecule has 136 valence electrons. The van der Waals surface area contributed by atoms with Gasteiger partial charge in [0.2, 0.25) is 0 Å². The molecule has 1 aliphatic rings. The molecule has 3 aromatic rings. The van der Waals surface area contributed by atoms with E-state index < -0.39 is 0 Å². The number of ketones is 1. The van der Waals surface area contributed by atoms with Gasteiger partial charge >= 0.3 is 0 Å². The van der Waals surface area contributed by atoms with Crippen molar-refractivity contribution in [3.8, 4) is 0 Å². The second-order valence-electron chi connectivity index (χ2n) is 7.15. The van der Waals surface area contributed by atoms with E-state index in [-0.39, 0.29) is 17.7 Å². The molecule has 27 heavy (non-hydrogen) atoms. The third-order valence-electron chi connectivity index (χ3n) is 5.35. The smallest absolute Gasteiger partial charge is 0.168 e. The fraction of sp³-hybridized carbons (Fsp3) is 0.208. The maximum Gasteiger partial charge on any atom is 0.168 e. The molecule has 0 N–H and O–H groups in total. The Morgan fingerprint density at radius 1 is 0.852 bits per heavy atom. The number of benzene rings is 3. The van der Waals surface area contributed by atoms with Crippen LogP contribution in [-0.4, -0.2) is 23.3 Å². The number of hydrogen-bond donors (Lipinski definition) is 0. The topological polar surface area (TPSA) is 20.3 Å². The molecule has 2 nitrogen and oxygen atoms in total. The number of likely N-dealkylation sites (tertiary alicyclic amines) is 1. The second kappa shape index (κ2) is 8.08. The van der Waals surface area contributed by atoms with Crippen LogP contribution >= 0.6 is 11.6 Å². The van der Waals surface area contributed by atoms with Crippen molar-refractivity contribution in [3.05, 3.63) is 107 Å². The average Bonchev–Trinajstić information content (AvgIpc) is 2.71. The fourth-order valence-corrected chi connectivity index (χ4v) is 3.96. The van der Waals surface area contributed by atoms with Gasteiger partial charge in [0, 0.05) is 29.7 Å². The van der Waals surface area contributed by atoms with Crippen LogP contribution in [0.5, 0.6) is 0 Å². The summed E-state index contributed by atoms with van der Waals surface area (Å²) in [7, 11) is 0. The van der Waals surface area contributed by atoms with E-state index in [0.29, 0.717) is 5.02 Å². The molecule has 3 heteroatoms. The highest BCUT2D eigenvalue weighted by Gasteiger charge is 2.43. The van der Waals surface area contributed by atoms with Crippen molar-refractivity contribution in [1.29, 1.82) is 0 Å². The molecule has 0 radical (unpaired) electrons. The van der Waals surface area contributed by atoms with E-state index in [9.17, 15) is 4.79 Å². The minimum absolute atomic E-state index is 0.0232. The summed E-state index contributed by atoms with van der Waals surface area (Å²) >= 11 is 5.97. The first-order valence-electron chi connectivity index (χ1n) is 9.32. The third kappa shape index (κ3) is 4.13. The molecule has 1 fully saturated rings. The van der Waals surface area contributed by atoms with Crippen molar-refractivity contribution in [1.82, 2.24) is 4.90 Å². The summed E-state index contributed by atoms with van der Waals surface area (Å²) in [6.45, 7) is 1.68. The summed E-state index contributed by atoms with van der Waals surface area (Å²) in [4.78, 5) is 15.5. The molecule has 2 atom stereocenters. The molecule has 0 spiro atoms. The van der Waals surface area contributed by atoms with Gasteiger partial charge in [-0.15, -0.1) is 0 Å². The van der Waals surface area contributed by atoms with Gasteiger partial charge in [0.15, 0.2) is 5.78 Å². The SMILES string of the molecule is O=C(c1ccc(Cl)cc1)C1CN(Cc2ccccc2)C1Cc1ccccc1. The zero-order valence-electron chi connectivity index (χ0n) is 15.1. The molecule has 3 aromatic carbocycles. The third-order valence-corrected chi connectivity index (χ3v) is 5.60. The van der Waals surface area contributed by atoms with E-state index in [1.165, 1.54) is 11.1 Å². The number of hydrogen-bond acceptors (Lipinski definition) is 2. The van der Waals surface area contributed by atoms with Gasteiger partial charge < -0.3 is 0 Å². The van der Waals surface area contributed by atoms with Gasteiger partial charge in [-0.25, -0.2) is 0 Å². The van der Waals surface area contributed by atoms with E-state index in [4.69, 9.17) is 11.6 Å². The van der Waals surface area contributed by atoms with Gasteiger partial charge in [-0.1, -0.05) is 72.3 Å². The van der Waals surface area contributed by atoms with Crippen LogP contribution in [0.3, 0.4) is 0 Å². The Morgan fingerprint density at radius 2 is 1.44 bits per heavy atom. The summed E-state index contributed by atoms with van der Waals surface area (Å²) in [6.07, 6.45) is 0.887. The molecule has 1 heterocycles. The Labute approximate surface area is 165 Å². The van der Waals surface area contributed by atoms with Crippen LogP contribution in [0.25, 0.3) is 0 Å². The highest BCUT2D eigenvalue weighted by molar-refractivity contribution is 6.30. The Morgan fingerprint density at radius 3 is 2.07 bits per heavy atom. The van der Waals surface area contributed by atoms with Crippen LogP contribution in [0.4, 0.5) is 0 Å². The Bertz CT molecular complexity index is 893. The number of nitrogens with zero attached hydrogens (tertiary/aromatic N) is 1. The van der Waals surface area contributed by atoms with Crippen molar-refractivity contribution >= 4 is 17.4 Å². The predicted octanol–water partition coefficient (Wildman–Crippen LogP) is 5.27. The molecule has 0 saturated carbocycles. The number of halogens is 1. The van der Waals surface area contributed by atoms with E-state index in [1.54, 1.807) is 12.1 Å². The van der Waals surface area contributed by atoms with Crippen LogP contribution in [0.2, 0.25) is 5.02 Å². The van der Waals surface area contributed by atoms with Crippen molar-refractivity contribution < 1.29 is 4.79 Å².